The maximum absolute atomic E-state index is 11.0. The van der Waals surface area contributed by atoms with Gasteiger partial charge in [0.25, 0.3) is 0 Å². The van der Waals surface area contributed by atoms with Crippen LogP contribution in [0, 0.1) is 0 Å². The minimum absolute atomic E-state index is 0. The molecule has 0 aromatic rings. The molecule has 5 heteroatoms. The highest BCUT2D eigenvalue weighted by Crippen LogP contribution is 2.02. The average molecular weight is 226 g/mol. The van der Waals surface area contributed by atoms with Crippen molar-refractivity contribution in [3.8, 4) is 0 Å². The molecule has 1 atom stereocenters. The number of carbonyl (C=O) groups is 1. The van der Waals surface area contributed by atoms with Crippen LogP contribution in [0.4, 0.5) is 0 Å². The van der Waals surface area contributed by atoms with Crippen LogP contribution in [-0.2, 0) is 9.53 Å². The molecule has 0 bridgehead atoms. The molecule has 0 aliphatic rings. The first-order valence-electron chi connectivity index (χ1n) is 3.83. The van der Waals surface area contributed by atoms with Gasteiger partial charge < -0.3 is 10.5 Å². The highest BCUT2D eigenvalue weighted by Gasteiger charge is 2.13. The molecule has 0 aromatic carbocycles. The summed E-state index contributed by atoms with van der Waals surface area (Å²) < 4.78 is 4.73. The molecule has 0 saturated heterocycles. The van der Waals surface area contributed by atoms with Gasteiger partial charge in [-0.05, 0) is 6.92 Å². The summed E-state index contributed by atoms with van der Waals surface area (Å²) in [4.78, 5) is 11.0. The van der Waals surface area contributed by atoms with E-state index in [9.17, 15) is 4.79 Å². The molecule has 13 heavy (non-hydrogen) atoms. The molecule has 0 amide bonds. The number of rotatable bonds is 6. The Morgan fingerprint density at radius 3 is 2.85 bits per heavy atom. The third-order valence-corrected chi connectivity index (χ3v) is 2.19. The van der Waals surface area contributed by atoms with Gasteiger partial charge in [0.05, 0.1) is 6.61 Å². The number of carbonyl (C=O) groups excluding carboxylic acids is 1. The number of halogens is 1. The van der Waals surface area contributed by atoms with E-state index in [-0.39, 0.29) is 18.4 Å². The Kier molecular flexibility index (Phi) is 11.6. The number of ether oxygens (including phenoxy) is 1. The van der Waals surface area contributed by atoms with Crippen molar-refractivity contribution in [2.75, 3.05) is 18.1 Å². The Balaban J connectivity index is 0. The summed E-state index contributed by atoms with van der Waals surface area (Å²) in [6.45, 7) is 5.71. The van der Waals surface area contributed by atoms with E-state index in [0.717, 1.165) is 5.75 Å². The Hall–Kier alpha value is -0.190. The molecule has 0 aliphatic heterocycles. The van der Waals surface area contributed by atoms with E-state index < -0.39 is 6.04 Å². The zero-order valence-electron chi connectivity index (χ0n) is 7.69. The van der Waals surface area contributed by atoms with E-state index in [1.807, 2.05) is 0 Å². The Morgan fingerprint density at radius 1 is 1.77 bits per heavy atom. The van der Waals surface area contributed by atoms with Gasteiger partial charge in [0, 0.05) is 11.5 Å². The molecule has 0 unspecified atom stereocenters. The molecule has 0 fully saturated rings. The fourth-order valence-electron chi connectivity index (χ4n) is 0.596. The minimum atomic E-state index is -0.505. The van der Waals surface area contributed by atoms with E-state index in [0.29, 0.717) is 12.4 Å². The van der Waals surface area contributed by atoms with E-state index >= 15 is 0 Å². The fourth-order valence-corrected chi connectivity index (χ4v) is 1.29. The van der Waals surface area contributed by atoms with Crippen LogP contribution < -0.4 is 5.73 Å². The molecule has 2 N–H and O–H groups in total. The van der Waals surface area contributed by atoms with Gasteiger partial charge >= 0.3 is 5.97 Å². The summed E-state index contributed by atoms with van der Waals surface area (Å²) >= 11 is 1.57. The smallest absolute Gasteiger partial charge is 0.323 e. The topological polar surface area (TPSA) is 52.3 Å². The van der Waals surface area contributed by atoms with Gasteiger partial charge in [0.1, 0.15) is 6.04 Å². The van der Waals surface area contributed by atoms with Crippen molar-refractivity contribution in [3.63, 3.8) is 0 Å². The van der Waals surface area contributed by atoms with Crippen LogP contribution in [0.2, 0.25) is 0 Å². The Bertz CT molecular complexity index is 155. The quantitative estimate of drug-likeness (QED) is 0.420. The van der Waals surface area contributed by atoms with Gasteiger partial charge in [-0.2, -0.15) is 11.8 Å². The number of hydrogen-bond donors (Lipinski definition) is 1. The van der Waals surface area contributed by atoms with Gasteiger partial charge in [0.15, 0.2) is 0 Å². The summed E-state index contributed by atoms with van der Waals surface area (Å²) in [5.41, 5.74) is 5.51. The van der Waals surface area contributed by atoms with E-state index in [1.54, 1.807) is 24.8 Å². The van der Waals surface area contributed by atoms with Crippen molar-refractivity contribution in [2.24, 2.45) is 5.73 Å². The number of nitrogens with two attached hydrogens (primary N) is 1. The van der Waals surface area contributed by atoms with Gasteiger partial charge in [-0.15, -0.1) is 19.0 Å². The van der Waals surface area contributed by atoms with Crippen molar-refractivity contribution in [2.45, 2.75) is 13.0 Å². The molecule has 0 aromatic heterocycles. The predicted molar refractivity (Wildman–Crippen MR) is 59.4 cm³/mol. The predicted octanol–water partition coefficient (Wildman–Crippen LogP) is 1.22. The zero-order chi connectivity index (χ0) is 9.40. The molecule has 0 radical (unpaired) electrons. The highest BCUT2D eigenvalue weighted by molar-refractivity contribution is 7.99. The van der Waals surface area contributed by atoms with Gasteiger partial charge in [-0.25, -0.2) is 0 Å². The van der Waals surface area contributed by atoms with Gasteiger partial charge in [-0.3, -0.25) is 4.79 Å². The van der Waals surface area contributed by atoms with Crippen LogP contribution in [-0.4, -0.2) is 30.1 Å². The van der Waals surface area contributed by atoms with Crippen LogP contribution >= 0.6 is 24.2 Å². The number of hydrogen-bond acceptors (Lipinski definition) is 4. The maximum atomic E-state index is 11.0. The molecule has 0 aliphatic carbocycles. The second-order valence-corrected chi connectivity index (χ2v) is 3.26. The molecule has 3 nitrogen and oxygen atoms in total. The average Bonchev–Trinajstić information content (AvgIpc) is 2.05. The van der Waals surface area contributed by atoms with Crippen molar-refractivity contribution in [3.05, 3.63) is 12.7 Å². The van der Waals surface area contributed by atoms with Crippen molar-refractivity contribution < 1.29 is 9.53 Å². The lowest BCUT2D eigenvalue weighted by Gasteiger charge is -2.08. The fraction of sp³-hybridized carbons (Fsp3) is 0.625. The van der Waals surface area contributed by atoms with Crippen LogP contribution in [0.1, 0.15) is 6.92 Å². The second kappa shape index (κ2) is 9.89. The Morgan fingerprint density at radius 2 is 2.38 bits per heavy atom. The molecule has 0 rings (SSSR count). The zero-order valence-corrected chi connectivity index (χ0v) is 9.33. The van der Waals surface area contributed by atoms with Gasteiger partial charge in [-0.1, -0.05) is 6.08 Å². The maximum Gasteiger partial charge on any atom is 0.323 e. The first-order chi connectivity index (χ1) is 5.72. The summed E-state index contributed by atoms with van der Waals surface area (Å²) in [6, 6.07) is -0.505. The van der Waals surface area contributed by atoms with E-state index in [1.165, 1.54) is 0 Å². The summed E-state index contributed by atoms with van der Waals surface area (Å²) in [7, 11) is 0. The normalized spacial score (nSPS) is 11.2. The lowest BCUT2D eigenvalue weighted by Crippen LogP contribution is -2.34. The van der Waals surface area contributed by atoms with Crippen molar-refractivity contribution in [1.29, 1.82) is 0 Å². The van der Waals surface area contributed by atoms with Crippen LogP contribution in [0.15, 0.2) is 12.7 Å². The molecule has 0 spiro atoms. The molecule has 0 heterocycles. The Labute approximate surface area is 89.5 Å². The third-order valence-electron chi connectivity index (χ3n) is 1.12. The first kappa shape index (κ1) is 15.3. The van der Waals surface area contributed by atoms with Crippen LogP contribution in [0.25, 0.3) is 0 Å². The lowest BCUT2D eigenvalue weighted by molar-refractivity contribution is -0.144. The molecule has 0 saturated carbocycles. The van der Waals surface area contributed by atoms with E-state index in [2.05, 4.69) is 6.58 Å². The van der Waals surface area contributed by atoms with Crippen LogP contribution in [0.5, 0.6) is 0 Å². The van der Waals surface area contributed by atoms with Crippen molar-refractivity contribution >= 4 is 30.1 Å². The molecular weight excluding hydrogens is 210 g/mol. The van der Waals surface area contributed by atoms with Crippen LogP contribution in [0.3, 0.4) is 0 Å². The number of thioether (sulfide) groups is 1. The molecule has 78 valence electrons. The third kappa shape index (κ3) is 8.15. The largest absolute Gasteiger partial charge is 0.465 e. The summed E-state index contributed by atoms with van der Waals surface area (Å²) in [5.74, 6) is 1.08. The number of esters is 1. The standard InChI is InChI=1S/C8H15NO2S.ClH/c1-3-5-12-6-7(9)8(10)11-4-2;/h3,7H,1,4-6,9H2,2H3;1H/t7-;/m0./s1. The first-order valence-corrected chi connectivity index (χ1v) is 4.98. The SMILES string of the molecule is C=CCSC[C@H](N)C(=O)OCC.Cl. The molecular formula is C8H16ClNO2S. The second-order valence-electron chi connectivity index (χ2n) is 2.18. The monoisotopic (exact) mass is 225 g/mol. The van der Waals surface area contributed by atoms with E-state index in [4.69, 9.17) is 10.5 Å². The summed E-state index contributed by atoms with van der Waals surface area (Å²) in [5, 5.41) is 0. The minimum Gasteiger partial charge on any atom is -0.465 e. The van der Waals surface area contributed by atoms with Gasteiger partial charge in [0.2, 0.25) is 0 Å². The van der Waals surface area contributed by atoms with Crippen molar-refractivity contribution in [1.82, 2.24) is 0 Å². The lowest BCUT2D eigenvalue weighted by atomic mass is 10.4. The summed E-state index contributed by atoms with van der Waals surface area (Å²) in [6.07, 6.45) is 1.78. The highest BCUT2D eigenvalue weighted by atomic mass is 35.5.